The molecule has 1 heterocycles. The molecule has 3 heteroatoms. The fraction of sp³-hybridized carbons (Fsp3) is 0.583. The highest BCUT2D eigenvalue weighted by Gasteiger charge is 2.27. The molecule has 1 aliphatic rings. The molecule has 0 unspecified atom stereocenters. The lowest BCUT2D eigenvalue weighted by molar-refractivity contribution is 0.117. The minimum absolute atomic E-state index is 0.743. The van der Waals surface area contributed by atoms with Crippen LogP contribution in [0.15, 0.2) is 36.7 Å². The van der Waals surface area contributed by atoms with Crippen LogP contribution >= 0.6 is 0 Å². The van der Waals surface area contributed by atoms with Crippen LogP contribution in [-0.4, -0.2) is 16.6 Å². The lowest BCUT2D eigenvalue weighted by Gasteiger charge is -2.34. The van der Waals surface area contributed by atoms with Crippen molar-refractivity contribution in [1.29, 1.82) is 0 Å². The van der Waals surface area contributed by atoms with E-state index in [-0.39, 0.29) is 0 Å². The van der Waals surface area contributed by atoms with Crippen molar-refractivity contribution < 1.29 is 4.74 Å². The third kappa shape index (κ3) is 6.05. The molecule has 1 fully saturated rings. The monoisotopic (exact) mass is 366 g/mol. The zero-order valence-electron chi connectivity index (χ0n) is 17.0. The Balaban J connectivity index is 1.44. The molecule has 1 saturated carbocycles. The van der Waals surface area contributed by atoms with E-state index in [1.807, 2.05) is 24.5 Å². The van der Waals surface area contributed by atoms with Gasteiger partial charge in [-0.3, -0.25) is 0 Å². The minimum Gasteiger partial charge on any atom is -0.493 e. The van der Waals surface area contributed by atoms with Crippen molar-refractivity contribution in [3.63, 3.8) is 0 Å². The average molecular weight is 367 g/mol. The highest BCUT2D eigenvalue weighted by molar-refractivity contribution is 5.55. The van der Waals surface area contributed by atoms with Crippen molar-refractivity contribution in [2.24, 2.45) is 11.8 Å². The minimum atomic E-state index is 0.743. The van der Waals surface area contributed by atoms with E-state index in [0.717, 1.165) is 42.0 Å². The summed E-state index contributed by atoms with van der Waals surface area (Å²) in [7, 11) is 0. The van der Waals surface area contributed by atoms with E-state index in [1.165, 1.54) is 56.9 Å². The third-order valence-electron chi connectivity index (χ3n) is 5.78. The SMILES string of the molecule is CCCCCCCc1cnc(-c2ccc(OCC3CC(CC)C3)cc2)nc1. The van der Waals surface area contributed by atoms with Gasteiger partial charge >= 0.3 is 0 Å². The van der Waals surface area contributed by atoms with Crippen LogP contribution in [0.4, 0.5) is 0 Å². The second-order valence-electron chi connectivity index (χ2n) is 8.03. The summed E-state index contributed by atoms with van der Waals surface area (Å²) in [6.45, 7) is 5.38. The van der Waals surface area contributed by atoms with Crippen LogP contribution < -0.4 is 4.74 Å². The Morgan fingerprint density at radius 2 is 1.59 bits per heavy atom. The zero-order chi connectivity index (χ0) is 18.9. The molecule has 0 bridgehead atoms. The maximum atomic E-state index is 5.94. The zero-order valence-corrected chi connectivity index (χ0v) is 17.0. The van der Waals surface area contributed by atoms with Gasteiger partial charge in [0.05, 0.1) is 6.61 Å². The fourth-order valence-electron chi connectivity index (χ4n) is 3.82. The van der Waals surface area contributed by atoms with E-state index < -0.39 is 0 Å². The lowest BCUT2D eigenvalue weighted by atomic mass is 9.74. The van der Waals surface area contributed by atoms with Gasteiger partial charge in [0.25, 0.3) is 0 Å². The van der Waals surface area contributed by atoms with E-state index >= 15 is 0 Å². The number of aromatic nitrogens is 2. The molecule has 3 rings (SSSR count). The Bertz CT molecular complexity index is 660. The van der Waals surface area contributed by atoms with Crippen LogP contribution in [0.2, 0.25) is 0 Å². The topological polar surface area (TPSA) is 35.0 Å². The molecule has 0 N–H and O–H groups in total. The van der Waals surface area contributed by atoms with Crippen LogP contribution in [0, 0.1) is 11.8 Å². The fourth-order valence-corrected chi connectivity index (χ4v) is 3.82. The Labute approximate surface area is 164 Å². The summed E-state index contributed by atoms with van der Waals surface area (Å²) in [5.74, 6) is 3.41. The van der Waals surface area contributed by atoms with Crippen LogP contribution in [0.5, 0.6) is 5.75 Å². The van der Waals surface area contributed by atoms with Crippen LogP contribution in [0.1, 0.15) is 70.8 Å². The number of aryl methyl sites for hydroxylation is 1. The Kier molecular flexibility index (Phi) is 7.67. The highest BCUT2D eigenvalue weighted by Crippen LogP contribution is 2.36. The summed E-state index contributed by atoms with van der Waals surface area (Å²) in [5, 5.41) is 0. The van der Waals surface area contributed by atoms with Gasteiger partial charge in [0.2, 0.25) is 0 Å². The van der Waals surface area contributed by atoms with Crippen LogP contribution in [0.3, 0.4) is 0 Å². The molecule has 0 aliphatic heterocycles. The van der Waals surface area contributed by atoms with E-state index in [0.29, 0.717) is 0 Å². The van der Waals surface area contributed by atoms with Gasteiger partial charge in [-0.15, -0.1) is 0 Å². The Morgan fingerprint density at radius 3 is 2.26 bits per heavy atom. The van der Waals surface area contributed by atoms with E-state index in [4.69, 9.17) is 4.74 Å². The van der Waals surface area contributed by atoms with Gasteiger partial charge in [0, 0.05) is 18.0 Å². The van der Waals surface area contributed by atoms with E-state index in [1.54, 1.807) is 0 Å². The molecular formula is C24H34N2O. The molecule has 3 nitrogen and oxygen atoms in total. The van der Waals surface area contributed by atoms with Crippen LogP contribution in [-0.2, 0) is 6.42 Å². The summed E-state index contributed by atoms with van der Waals surface area (Å²) in [6.07, 6.45) is 15.5. The number of benzene rings is 1. The maximum Gasteiger partial charge on any atom is 0.159 e. The molecule has 0 amide bonds. The van der Waals surface area contributed by atoms with Gasteiger partial charge in [0.15, 0.2) is 5.82 Å². The normalized spacial score (nSPS) is 18.9. The predicted octanol–water partition coefficient (Wildman–Crippen LogP) is 6.47. The quantitative estimate of drug-likeness (QED) is 0.427. The lowest BCUT2D eigenvalue weighted by Crippen LogP contribution is -2.28. The third-order valence-corrected chi connectivity index (χ3v) is 5.78. The van der Waals surface area contributed by atoms with Crippen molar-refractivity contribution in [2.45, 2.75) is 71.6 Å². The summed E-state index contributed by atoms with van der Waals surface area (Å²) >= 11 is 0. The van der Waals surface area contributed by atoms with E-state index in [2.05, 4.69) is 35.9 Å². The second-order valence-corrected chi connectivity index (χ2v) is 8.03. The smallest absolute Gasteiger partial charge is 0.159 e. The molecule has 27 heavy (non-hydrogen) atoms. The molecular weight excluding hydrogens is 332 g/mol. The van der Waals surface area contributed by atoms with Gasteiger partial charge in [-0.2, -0.15) is 0 Å². The van der Waals surface area contributed by atoms with Crippen LogP contribution in [0.25, 0.3) is 11.4 Å². The summed E-state index contributed by atoms with van der Waals surface area (Å²) in [5.41, 5.74) is 2.28. The molecule has 0 saturated heterocycles. The Morgan fingerprint density at radius 1 is 0.889 bits per heavy atom. The Hall–Kier alpha value is -1.90. The first-order valence-electron chi connectivity index (χ1n) is 10.8. The van der Waals surface area contributed by atoms with Crippen molar-refractivity contribution >= 4 is 0 Å². The molecule has 1 aromatic heterocycles. The summed E-state index contributed by atoms with van der Waals surface area (Å²) in [4.78, 5) is 9.11. The van der Waals surface area contributed by atoms with E-state index in [9.17, 15) is 0 Å². The van der Waals surface area contributed by atoms with Crippen molar-refractivity contribution in [3.05, 3.63) is 42.2 Å². The summed E-state index contributed by atoms with van der Waals surface area (Å²) in [6, 6.07) is 8.20. The van der Waals surface area contributed by atoms with Crippen molar-refractivity contribution in [1.82, 2.24) is 9.97 Å². The number of unbranched alkanes of at least 4 members (excludes halogenated alkanes) is 4. The largest absolute Gasteiger partial charge is 0.493 e. The number of nitrogens with zero attached hydrogens (tertiary/aromatic N) is 2. The van der Waals surface area contributed by atoms with Gasteiger partial charge in [-0.1, -0.05) is 46.0 Å². The first-order valence-corrected chi connectivity index (χ1v) is 10.8. The average Bonchev–Trinajstić information content (AvgIpc) is 2.68. The predicted molar refractivity (Wildman–Crippen MR) is 112 cm³/mol. The highest BCUT2D eigenvalue weighted by atomic mass is 16.5. The van der Waals surface area contributed by atoms with Gasteiger partial charge in [-0.25, -0.2) is 9.97 Å². The van der Waals surface area contributed by atoms with Crippen molar-refractivity contribution in [2.75, 3.05) is 6.61 Å². The molecule has 1 aliphatic carbocycles. The van der Waals surface area contributed by atoms with Gasteiger partial charge in [0.1, 0.15) is 5.75 Å². The van der Waals surface area contributed by atoms with Crippen molar-refractivity contribution in [3.8, 4) is 17.1 Å². The first kappa shape index (κ1) is 19.9. The van der Waals surface area contributed by atoms with Gasteiger partial charge in [-0.05, 0) is 67.3 Å². The first-order chi connectivity index (χ1) is 13.3. The van der Waals surface area contributed by atoms with Gasteiger partial charge < -0.3 is 4.74 Å². The second kappa shape index (κ2) is 10.4. The number of rotatable bonds is 11. The number of hydrogen-bond donors (Lipinski definition) is 0. The molecule has 0 radical (unpaired) electrons. The summed E-state index contributed by atoms with van der Waals surface area (Å²) < 4.78 is 5.94. The molecule has 0 spiro atoms. The maximum absolute atomic E-state index is 5.94. The molecule has 2 aromatic rings. The standard InChI is InChI=1S/C24H34N2O/c1-3-5-6-7-8-9-20-16-25-24(26-17-20)22-10-12-23(13-11-22)27-18-21-14-19(4-2)15-21/h10-13,16-17,19,21H,3-9,14-15,18H2,1-2H3. The number of ether oxygens (including phenoxy) is 1. The molecule has 1 aromatic carbocycles. The number of hydrogen-bond acceptors (Lipinski definition) is 3. The molecule has 0 atom stereocenters. The molecule has 146 valence electrons.